The highest BCUT2D eigenvalue weighted by molar-refractivity contribution is 7.53. The molecule has 0 bridgehead atoms. The van der Waals surface area contributed by atoms with Gasteiger partial charge in [-0.1, -0.05) is 13.3 Å². The van der Waals surface area contributed by atoms with Crippen molar-refractivity contribution in [2.75, 3.05) is 0 Å². The summed E-state index contributed by atoms with van der Waals surface area (Å²) in [7, 11) is -4.77. The minimum Gasteiger partial charge on any atom is -0.356 e. The van der Waals surface area contributed by atoms with Crippen molar-refractivity contribution in [2.45, 2.75) is 25.3 Å². The molecule has 0 spiro atoms. The molecule has 0 saturated heterocycles. The van der Waals surface area contributed by atoms with Crippen LogP contribution in [0.5, 0.6) is 0 Å². The Morgan fingerprint density at radius 1 is 1.40 bits per heavy atom. The van der Waals surface area contributed by atoms with E-state index in [0.717, 1.165) is 0 Å². The van der Waals surface area contributed by atoms with Gasteiger partial charge in [0.15, 0.2) is 0 Å². The van der Waals surface area contributed by atoms with Crippen molar-refractivity contribution in [1.82, 2.24) is 0 Å². The summed E-state index contributed by atoms with van der Waals surface area (Å²) in [5, 5.41) is 17.3. The first-order valence-electron chi connectivity index (χ1n) is 2.81. The van der Waals surface area contributed by atoms with Gasteiger partial charge in [-0.25, -0.2) is 0 Å². The van der Waals surface area contributed by atoms with Crippen LogP contribution in [0.25, 0.3) is 0 Å². The zero-order chi connectivity index (χ0) is 8.41. The van der Waals surface area contributed by atoms with Gasteiger partial charge in [0, 0.05) is 6.42 Å². The third-order valence-electron chi connectivity index (χ3n) is 1.05. The molecule has 4 N–H and O–H groups in total. The molecule has 0 fully saturated rings. The molecular formula is C4H11O5P. The monoisotopic (exact) mass is 170 g/mol. The van der Waals surface area contributed by atoms with E-state index in [-0.39, 0.29) is 6.42 Å². The van der Waals surface area contributed by atoms with Crippen LogP contribution in [0.4, 0.5) is 0 Å². The maximum absolute atomic E-state index is 10.2. The van der Waals surface area contributed by atoms with Gasteiger partial charge in [-0.2, -0.15) is 0 Å². The average Bonchev–Trinajstić information content (AvgIpc) is 1.61. The summed E-state index contributed by atoms with van der Waals surface area (Å²) in [4.78, 5) is 16.6. The van der Waals surface area contributed by atoms with Gasteiger partial charge in [0.1, 0.15) is 0 Å². The van der Waals surface area contributed by atoms with Crippen LogP contribution < -0.4 is 0 Å². The van der Waals surface area contributed by atoms with Gasteiger partial charge in [-0.3, -0.25) is 4.57 Å². The summed E-state index contributed by atoms with van der Waals surface area (Å²) in [5.41, 5.74) is -2.85. The van der Waals surface area contributed by atoms with Gasteiger partial charge < -0.3 is 20.0 Å². The predicted molar refractivity (Wildman–Crippen MR) is 34.1 cm³/mol. The summed E-state index contributed by atoms with van der Waals surface area (Å²) >= 11 is 0. The Kier molecular flexibility index (Phi) is 3.00. The molecule has 6 heteroatoms. The van der Waals surface area contributed by atoms with E-state index in [4.69, 9.17) is 20.0 Å². The number of aliphatic hydroxyl groups is 2. The first kappa shape index (κ1) is 10.1. The van der Waals surface area contributed by atoms with Gasteiger partial charge in [0.05, 0.1) is 0 Å². The van der Waals surface area contributed by atoms with Crippen molar-refractivity contribution >= 4 is 7.60 Å². The second kappa shape index (κ2) is 2.98. The average molecular weight is 170 g/mol. The molecule has 62 valence electrons. The normalized spacial score (nSPS) is 13.7. The molecule has 0 aliphatic heterocycles. The van der Waals surface area contributed by atoms with E-state index in [1.165, 1.54) is 0 Å². The first-order valence-corrected chi connectivity index (χ1v) is 4.43. The first-order chi connectivity index (χ1) is 4.31. The molecule has 0 saturated carbocycles. The second-order valence-electron chi connectivity index (χ2n) is 2.07. The molecule has 0 aliphatic carbocycles. The van der Waals surface area contributed by atoms with Crippen molar-refractivity contribution in [1.29, 1.82) is 0 Å². The largest absolute Gasteiger partial charge is 0.384 e. The molecule has 0 aromatic heterocycles. The van der Waals surface area contributed by atoms with Crippen LogP contribution in [0.2, 0.25) is 0 Å². The lowest BCUT2D eigenvalue weighted by atomic mass is 10.3. The molecular weight excluding hydrogens is 159 g/mol. The molecule has 5 nitrogen and oxygen atoms in total. The van der Waals surface area contributed by atoms with E-state index in [1.807, 2.05) is 0 Å². The molecule has 0 radical (unpaired) electrons. The highest BCUT2D eigenvalue weighted by Crippen LogP contribution is 2.49. The SMILES string of the molecule is CCCC(O)(O)P(=O)(O)O. The molecule has 0 unspecified atom stereocenters. The smallest absolute Gasteiger partial charge is 0.356 e. The Bertz CT molecular complexity index is 148. The topological polar surface area (TPSA) is 98.0 Å². The Morgan fingerprint density at radius 3 is 1.90 bits per heavy atom. The Hall–Kier alpha value is 0.0700. The van der Waals surface area contributed by atoms with Gasteiger partial charge in [0.2, 0.25) is 0 Å². The van der Waals surface area contributed by atoms with Crippen molar-refractivity contribution in [3.8, 4) is 0 Å². The maximum atomic E-state index is 10.2. The lowest BCUT2D eigenvalue weighted by Gasteiger charge is -2.21. The Balaban J connectivity index is 4.25. The van der Waals surface area contributed by atoms with Crippen LogP contribution in [0.1, 0.15) is 19.8 Å². The van der Waals surface area contributed by atoms with Crippen molar-refractivity contribution in [2.24, 2.45) is 0 Å². The third-order valence-corrected chi connectivity index (χ3v) is 2.21. The zero-order valence-electron chi connectivity index (χ0n) is 5.56. The van der Waals surface area contributed by atoms with Crippen LogP contribution in [0, 0.1) is 0 Å². The lowest BCUT2D eigenvalue weighted by molar-refractivity contribution is -0.108. The summed E-state index contributed by atoms with van der Waals surface area (Å²) in [6, 6.07) is 0. The van der Waals surface area contributed by atoms with Crippen LogP contribution in [0.3, 0.4) is 0 Å². The van der Waals surface area contributed by atoms with Crippen LogP contribution in [-0.2, 0) is 4.57 Å². The highest BCUT2D eigenvalue weighted by Gasteiger charge is 2.42. The van der Waals surface area contributed by atoms with E-state index >= 15 is 0 Å². The molecule has 10 heavy (non-hydrogen) atoms. The maximum Gasteiger partial charge on any atom is 0.384 e. The quantitative estimate of drug-likeness (QED) is 0.341. The standard InChI is InChI=1S/C4H11O5P/c1-2-3-4(5,6)10(7,8)9/h5-6H,2-3H2,1H3,(H2,7,8,9). The van der Waals surface area contributed by atoms with Crippen molar-refractivity contribution in [3.05, 3.63) is 0 Å². The van der Waals surface area contributed by atoms with Crippen LogP contribution in [-0.4, -0.2) is 25.5 Å². The van der Waals surface area contributed by atoms with Gasteiger partial charge in [-0.15, -0.1) is 0 Å². The summed E-state index contributed by atoms with van der Waals surface area (Å²) in [6.07, 6.45) is -0.0185. The summed E-state index contributed by atoms with van der Waals surface area (Å²) in [5.74, 6) is 0. The van der Waals surface area contributed by atoms with Crippen molar-refractivity contribution < 1.29 is 24.6 Å². The van der Waals surface area contributed by atoms with Crippen LogP contribution in [0.15, 0.2) is 0 Å². The lowest BCUT2D eigenvalue weighted by Crippen LogP contribution is -2.27. The summed E-state index contributed by atoms with van der Waals surface area (Å²) < 4.78 is 10.2. The molecule has 0 amide bonds. The Labute approximate surface area is 58.5 Å². The van der Waals surface area contributed by atoms with Crippen LogP contribution >= 0.6 is 7.60 Å². The van der Waals surface area contributed by atoms with Gasteiger partial charge >= 0.3 is 7.60 Å². The van der Waals surface area contributed by atoms with E-state index in [9.17, 15) is 4.57 Å². The van der Waals surface area contributed by atoms with E-state index in [1.54, 1.807) is 6.92 Å². The second-order valence-corrected chi connectivity index (χ2v) is 3.87. The summed E-state index contributed by atoms with van der Waals surface area (Å²) in [6.45, 7) is 1.59. The van der Waals surface area contributed by atoms with Gasteiger partial charge in [-0.05, 0) is 0 Å². The molecule has 0 heterocycles. The minimum atomic E-state index is -4.77. The number of rotatable bonds is 3. The fourth-order valence-corrected chi connectivity index (χ4v) is 0.996. The Morgan fingerprint density at radius 2 is 1.80 bits per heavy atom. The van der Waals surface area contributed by atoms with E-state index in [2.05, 4.69) is 0 Å². The number of hydrogen-bond donors (Lipinski definition) is 4. The molecule has 0 aliphatic rings. The zero-order valence-corrected chi connectivity index (χ0v) is 6.45. The molecule has 0 aromatic rings. The minimum absolute atomic E-state index is 0.304. The van der Waals surface area contributed by atoms with Gasteiger partial charge in [0.25, 0.3) is 5.53 Å². The highest BCUT2D eigenvalue weighted by atomic mass is 31.2. The van der Waals surface area contributed by atoms with E-state index < -0.39 is 13.1 Å². The van der Waals surface area contributed by atoms with E-state index in [0.29, 0.717) is 6.42 Å². The molecule has 0 aromatic carbocycles. The number of hydrogen-bond acceptors (Lipinski definition) is 3. The molecule has 0 rings (SSSR count). The van der Waals surface area contributed by atoms with Crippen molar-refractivity contribution in [3.63, 3.8) is 0 Å². The fourth-order valence-electron chi connectivity index (χ4n) is 0.481. The fraction of sp³-hybridized carbons (Fsp3) is 1.00. The third kappa shape index (κ3) is 2.36. The molecule has 0 atom stereocenters. The predicted octanol–water partition coefficient (Wildman–Crippen LogP) is -0.397.